The predicted molar refractivity (Wildman–Crippen MR) is 108 cm³/mol. The van der Waals surface area contributed by atoms with Gasteiger partial charge in [-0.3, -0.25) is 5.41 Å². The van der Waals surface area contributed by atoms with Crippen molar-refractivity contribution in [2.45, 2.75) is 57.5 Å². The molecular formula is C21H25N7O. The molecule has 1 saturated carbocycles. The summed E-state index contributed by atoms with van der Waals surface area (Å²) in [4.78, 5) is 6.70. The highest BCUT2D eigenvalue weighted by atomic mass is 16.5. The monoisotopic (exact) mass is 391 g/mol. The molecule has 5 rings (SSSR count). The summed E-state index contributed by atoms with van der Waals surface area (Å²) in [7, 11) is 0. The van der Waals surface area contributed by atoms with E-state index >= 15 is 0 Å². The van der Waals surface area contributed by atoms with Crippen molar-refractivity contribution in [1.82, 2.24) is 30.0 Å². The Labute approximate surface area is 169 Å². The summed E-state index contributed by atoms with van der Waals surface area (Å²) in [6.07, 6.45) is 7.39. The summed E-state index contributed by atoms with van der Waals surface area (Å²) in [5.74, 6) is 2.48. The third kappa shape index (κ3) is 3.92. The fraction of sp³-hybridized carbons (Fsp3) is 0.476. The number of nitrogens with one attached hydrogen (secondary N) is 1. The van der Waals surface area contributed by atoms with Gasteiger partial charge in [0.25, 0.3) is 0 Å². The van der Waals surface area contributed by atoms with Crippen molar-refractivity contribution in [2.24, 2.45) is 0 Å². The van der Waals surface area contributed by atoms with Crippen LogP contribution in [0.3, 0.4) is 0 Å². The van der Waals surface area contributed by atoms with E-state index in [1.165, 1.54) is 12.8 Å². The number of benzene rings is 1. The van der Waals surface area contributed by atoms with Gasteiger partial charge < -0.3 is 9.42 Å². The van der Waals surface area contributed by atoms with Crippen molar-refractivity contribution >= 4 is 5.84 Å². The van der Waals surface area contributed by atoms with E-state index in [0.717, 1.165) is 36.2 Å². The first-order chi connectivity index (χ1) is 14.2. The van der Waals surface area contributed by atoms with Crippen molar-refractivity contribution < 1.29 is 4.52 Å². The molecule has 8 nitrogen and oxygen atoms in total. The molecule has 3 aromatic rings. The van der Waals surface area contributed by atoms with E-state index in [4.69, 9.17) is 9.93 Å². The van der Waals surface area contributed by atoms with Crippen LogP contribution in [-0.4, -0.2) is 48.5 Å². The second-order valence-corrected chi connectivity index (χ2v) is 8.10. The van der Waals surface area contributed by atoms with Gasteiger partial charge in [0.15, 0.2) is 0 Å². The number of amidine groups is 1. The van der Waals surface area contributed by atoms with Crippen LogP contribution in [0.15, 0.2) is 35.0 Å². The molecule has 1 aliphatic heterocycles. The molecule has 0 amide bonds. The van der Waals surface area contributed by atoms with Crippen molar-refractivity contribution in [3.63, 3.8) is 0 Å². The van der Waals surface area contributed by atoms with E-state index in [1.807, 2.05) is 23.7 Å². The topological polar surface area (TPSA) is 96.7 Å². The molecule has 2 aliphatic rings. The lowest BCUT2D eigenvalue weighted by Crippen LogP contribution is -2.34. The summed E-state index contributed by atoms with van der Waals surface area (Å²) < 4.78 is 7.38. The minimum Gasteiger partial charge on any atom is -0.357 e. The van der Waals surface area contributed by atoms with Crippen LogP contribution in [0.2, 0.25) is 0 Å². The number of nitrogens with zero attached hydrogens (tertiary/aromatic N) is 6. The molecule has 1 atom stereocenters. The van der Waals surface area contributed by atoms with Crippen molar-refractivity contribution in [3.05, 3.63) is 47.6 Å². The smallest absolute Gasteiger partial charge is 0.229 e. The maximum Gasteiger partial charge on any atom is 0.229 e. The highest BCUT2D eigenvalue weighted by molar-refractivity contribution is 5.76. The van der Waals surface area contributed by atoms with Crippen LogP contribution in [0.5, 0.6) is 0 Å². The molecule has 1 N–H and O–H groups in total. The first-order valence-corrected chi connectivity index (χ1v) is 10.3. The zero-order chi connectivity index (χ0) is 19.8. The summed E-state index contributed by atoms with van der Waals surface area (Å²) in [6.45, 7) is 3.49. The Morgan fingerprint density at radius 3 is 2.79 bits per heavy atom. The molecule has 2 aromatic heterocycles. The van der Waals surface area contributed by atoms with Gasteiger partial charge in [-0.15, -0.1) is 5.10 Å². The zero-order valence-electron chi connectivity index (χ0n) is 16.6. The Hall–Kier alpha value is -3.03. The summed E-state index contributed by atoms with van der Waals surface area (Å²) in [6, 6.07) is 8.46. The molecule has 1 unspecified atom stereocenters. The van der Waals surface area contributed by atoms with Gasteiger partial charge in [0.05, 0.1) is 18.1 Å². The summed E-state index contributed by atoms with van der Waals surface area (Å²) in [5, 5.41) is 20.6. The molecule has 8 heteroatoms. The Bertz CT molecular complexity index is 1000. The Morgan fingerprint density at radius 1 is 1.21 bits per heavy atom. The van der Waals surface area contributed by atoms with Gasteiger partial charge in [-0.1, -0.05) is 34.6 Å². The number of hydrogen-bond acceptors (Lipinski definition) is 6. The Kier molecular flexibility index (Phi) is 4.61. The number of rotatable bonds is 6. The van der Waals surface area contributed by atoms with Gasteiger partial charge >= 0.3 is 0 Å². The van der Waals surface area contributed by atoms with Gasteiger partial charge in [-0.2, -0.15) is 4.98 Å². The minimum absolute atomic E-state index is 0.284. The van der Waals surface area contributed by atoms with Gasteiger partial charge in [0, 0.05) is 36.7 Å². The van der Waals surface area contributed by atoms with Gasteiger partial charge in [0.2, 0.25) is 11.7 Å². The number of hydrogen-bond donors (Lipinski definition) is 1. The lowest BCUT2D eigenvalue weighted by molar-refractivity contribution is 0.321. The average Bonchev–Trinajstić information content (AvgIpc) is 3.09. The molecule has 1 aliphatic carbocycles. The van der Waals surface area contributed by atoms with Crippen LogP contribution in [-0.2, 0) is 13.0 Å². The average molecular weight is 391 g/mol. The molecule has 3 heterocycles. The van der Waals surface area contributed by atoms with Crippen LogP contribution in [0.4, 0.5) is 0 Å². The molecule has 29 heavy (non-hydrogen) atoms. The quantitative estimate of drug-likeness (QED) is 0.512. The van der Waals surface area contributed by atoms with E-state index in [0.29, 0.717) is 36.4 Å². The normalized spacial score (nSPS) is 19.1. The van der Waals surface area contributed by atoms with Crippen molar-refractivity contribution in [2.75, 3.05) is 6.54 Å². The Balaban J connectivity index is 1.23. The number of aromatic nitrogens is 5. The molecule has 0 spiro atoms. The summed E-state index contributed by atoms with van der Waals surface area (Å²) >= 11 is 0. The predicted octanol–water partition coefficient (Wildman–Crippen LogP) is 3.26. The fourth-order valence-electron chi connectivity index (χ4n) is 4.05. The van der Waals surface area contributed by atoms with Gasteiger partial charge in [0.1, 0.15) is 0 Å². The molecule has 1 saturated heterocycles. The van der Waals surface area contributed by atoms with E-state index in [-0.39, 0.29) is 6.04 Å². The first kappa shape index (κ1) is 18.0. The van der Waals surface area contributed by atoms with E-state index in [1.54, 1.807) is 0 Å². The van der Waals surface area contributed by atoms with Gasteiger partial charge in [-0.25, -0.2) is 4.68 Å². The minimum atomic E-state index is 0.284. The maximum atomic E-state index is 7.90. The van der Waals surface area contributed by atoms with E-state index in [9.17, 15) is 0 Å². The third-order valence-electron chi connectivity index (χ3n) is 5.79. The Morgan fingerprint density at radius 2 is 2.03 bits per heavy atom. The van der Waals surface area contributed by atoms with Crippen LogP contribution >= 0.6 is 0 Å². The molecule has 1 aromatic carbocycles. The SMILES string of the molecule is CC(=N)N1CCCC1Cc1nc(-c2ccc(Cn3cc(C4CC4)nn3)cc2)no1. The third-order valence-corrected chi connectivity index (χ3v) is 5.79. The second kappa shape index (κ2) is 7.42. The van der Waals surface area contributed by atoms with Gasteiger partial charge in [-0.05, 0) is 38.2 Å². The fourth-order valence-corrected chi connectivity index (χ4v) is 4.05. The standard InChI is InChI=1S/C21H25N7O/c1-14(22)28-10-2-3-18(28)11-20-23-21(25-29-20)17-6-4-15(5-7-17)12-27-13-19(24-26-27)16-8-9-16/h4-7,13,16,18,22H,2-3,8-12H2,1H3. The highest BCUT2D eigenvalue weighted by Gasteiger charge is 2.27. The van der Waals surface area contributed by atoms with Crippen LogP contribution in [0, 0.1) is 5.41 Å². The largest absolute Gasteiger partial charge is 0.357 e. The van der Waals surface area contributed by atoms with E-state index in [2.05, 4.69) is 43.7 Å². The molecule has 0 bridgehead atoms. The van der Waals surface area contributed by atoms with Crippen LogP contribution < -0.4 is 0 Å². The second-order valence-electron chi connectivity index (χ2n) is 8.10. The summed E-state index contributed by atoms with van der Waals surface area (Å²) in [5.41, 5.74) is 3.21. The van der Waals surface area contributed by atoms with Crippen LogP contribution in [0.1, 0.15) is 55.7 Å². The molecule has 2 fully saturated rings. The highest BCUT2D eigenvalue weighted by Crippen LogP contribution is 2.38. The lowest BCUT2D eigenvalue weighted by atomic mass is 10.1. The first-order valence-electron chi connectivity index (χ1n) is 10.3. The van der Waals surface area contributed by atoms with Crippen molar-refractivity contribution in [1.29, 1.82) is 5.41 Å². The maximum absolute atomic E-state index is 7.90. The molecule has 150 valence electrons. The van der Waals surface area contributed by atoms with E-state index < -0.39 is 0 Å². The van der Waals surface area contributed by atoms with Crippen molar-refractivity contribution in [3.8, 4) is 11.4 Å². The number of likely N-dealkylation sites (tertiary alicyclic amines) is 1. The molecule has 0 radical (unpaired) electrons. The lowest BCUT2D eigenvalue weighted by Gasteiger charge is -2.23. The zero-order valence-corrected chi connectivity index (χ0v) is 16.6. The molecular weight excluding hydrogens is 366 g/mol. The van der Waals surface area contributed by atoms with Crippen LogP contribution in [0.25, 0.3) is 11.4 Å².